The van der Waals surface area contributed by atoms with E-state index in [0.717, 1.165) is 12.8 Å². The Kier molecular flexibility index (Phi) is 3.08. The van der Waals surface area contributed by atoms with Crippen molar-refractivity contribution >= 4 is 10.9 Å². The van der Waals surface area contributed by atoms with E-state index in [4.69, 9.17) is 9.47 Å². The number of benzene rings is 1. The van der Waals surface area contributed by atoms with Gasteiger partial charge >= 0.3 is 6.01 Å². The molecule has 0 bridgehead atoms. The fourth-order valence-electron chi connectivity index (χ4n) is 2.17. The quantitative estimate of drug-likeness (QED) is 0.855. The van der Waals surface area contributed by atoms with Crippen LogP contribution in [-0.4, -0.2) is 39.5 Å². The molecule has 1 aromatic carbocycles. The first-order valence-electron chi connectivity index (χ1n) is 6.17. The second-order valence-corrected chi connectivity index (χ2v) is 4.43. The summed E-state index contributed by atoms with van der Waals surface area (Å²) in [7, 11) is 0. The van der Waals surface area contributed by atoms with Gasteiger partial charge in [0.05, 0.1) is 18.6 Å². The molecule has 0 radical (unpaired) electrons. The smallest absolute Gasteiger partial charge is 0.317 e. The van der Waals surface area contributed by atoms with E-state index in [2.05, 4.69) is 9.97 Å². The van der Waals surface area contributed by atoms with E-state index in [1.165, 1.54) is 0 Å². The van der Waals surface area contributed by atoms with Gasteiger partial charge in [-0.05, 0) is 12.1 Å². The van der Waals surface area contributed by atoms with Crippen molar-refractivity contribution in [3.63, 3.8) is 0 Å². The van der Waals surface area contributed by atoms with Crippen LogP contribution in [0.3, 0.4) is 0 Å². The number of aromatic hydroxyl groups is 2. The van der Waals surface area contributed by atoms with E-state index in [0.29, 0.717) is 29.9 Å². The van der Waals surface area contributed by atoms with Gasteiger partial charge in [-0.1, -0.05) is 6.07 Å². The third-order valence-corrected chi connectivity index (χ3v) is 3.12. The van der Waals surface area contributed by atoms with Gasteiger partial charge in [0.1, 0.15) is 17.4 Å². The molecule has 100 valence electrons. The highest BCUT2D eigenvalue weighted by Crippen LogP contribution is 2.31. The van der Waals surface area contributed by atoms with E-state index in [1.54, 1.807) is 18.2 Å². The highest BCUT2D eigenvalue weighted by Gasteiger charge is 2.18. The predicted octanol–water partition coefficient (Wildman–Crippen LogP) is 1.60. The molecule has 19 heavy (non-hydrogen) atoms. The lowest BCUT2D eigenvalue weighted by Gasteiger charge is -2.23. The number of nitrogens with zero attached hydrogens (tertiary/aromatic N) is 2. The summed E-state index contributed by atoms with van der Waals surface area (Å²) in [5, 5.41) is 19.5. The molecule has 1 aromatic heterocycles. The molecule has 0 atom stereocenters. The first-order valence-corrected chi connectivity index (χ1v) is 6.17. The lowest BCUT2D eigenvalue weighted by molar-refractivity contribution is 0.0261. The molecule has 0 unspecified atom stereocenters. The lowest BCUT2D eigenvalue weighted by atomic mass is 10.1. The minimum atomic E-state index is -0.465. The Morgan fingerprint density at radius 2 is 1.95 bits per heavy atom. The van der Waals surface area contributed by atoms with Crippen molar-refractivity contribution in [1.82, 2.24) is 9.97 Å². The topological polar surface area (TPSA) is 84.7 Å². The van der Waals surface area contributed by atoms with Gasteiger partial charge in [-0.25, -0.2) is 0 Å². The van der Waals surface area contributed by atoms with Crippen LogP contribution >= 0.6 is 0 Å². The van der Waals surface area contributed by atoms with Crippen molar-refractivity contribution in [2.45, 2.75) is 18.9 Å². The number of hydrogen-bond acceptors (Lipinski definition) is 6. The molecule has 6 heteroatoms. The molecule has 0 spiro atoms. The van der Waals surface area contributed by atoms with E-state index in [9.17, 15) is 10.2 Å². The van der Waals surface area contributed by atoms with Crippen LogP contribution in [0.5, 0.6) is 17.6 Å². The lowest BCUT2D eigenvalue weighted by Crippen LogP contribution is -2.26. The molecular weight excluding hydrogens is 248 g/mol. The molecule has 2 heterocycles. The predicted molar refractivity (Wildman–Crippen MR) is 67.3 cm³/mol. The Hall–Kier alpha value is -2.08. The van der Waals surface area contributed by atoms with Gasteiger partial charge in [0.2, 0.25) is 5.88 Å². The van der Waals surface area contributed by atoms with Gasteiger partial charge in [0.25, 0.3) is 0 Å². The van der Waals surface area contributed by atoms with Crippen molar-refractivity contribution in [2.75, 3.05) is 13.2 Å². The highest BCUT2D eigenvalue weighted by atomic mass is 16.5. The van der Waals surface area contributed by atoms with E-state index in [-0.39, 0.29) is 12.0 Å². The zero-order valence-corrected chi connectivity index (χ0v) is 10.2. The third-order valence-electron chi connectivity index (χ3n) is 3.12. The van der Waals surface area contributed by atoms with Crippen molar-refractivity contribution in [3.8, 4) is 17.6 Å². The van der Waals surface area contributed by atoms with E-state index >= 15 is 0 Å². The molecule has 1 aliphatic rings. The number of rotatable bonds is 2. The molecule has 0 amide bonds. The van der Waals surface area contributed by atoms with Crippen molar-refractivity contribution in [1.29, 1.82) is 0 Å². The Labute approximate surface area is 109 Å². The number of para-hydroxylation sites is 1. The largest absolute Gasteiger partial charge is 0.493 e. The van der Waals surface area contributed by atoms with Crippen molar-refractivity contribution in [3.05, 3.63) is 18.2 Å². The molecular formula is C13H14N2O4. The summed E-state index contributed by atoms with van der Waals surface area (Å²) in [6, 6.07) is 4.75. The van der Waals surface area contributed by atoms with Crippen LogP contribution in [-0.2, 0) is 4.74 Å². The maximum Gasteiger partial charge on any atom is 0.317 e. The molecule has 2 aromatic rings. The van der Waals surface area contributed by atoms with Crippen LogP contribution < -0.4 is 4.74 Å². The SMILES string of the molecule is Oc1nc(O)c2cccc(OC3CCOCC3)c2n1. The maximum atomic E-state index is 9.70. The van der Waals surface area contributed by atoms with Gasteiger partial charge in [-0.15, -0.1) is 0 Å². The highest BCUT2D eigenvalue weighted by molar-refractivity contribution is 5.88. The summed E-state index contributed by atoms with van der Waals surface area (Å²) >= 11 is 0. The average Bonchev–Trinajstić information content (AvgIpc) is 2.41. The molecule has 1 fully saturated rings. The van der Waals surface area contributed by atoms with Crippen LogP contribution in [0.15, 0.2) is 18.2 Å². The van der Waals surface area contributed by atoms with Crippen LogP contribution in [0.25, 0.3) is 10.9 Å². The van der Waals surface area contributed by atoms with Crippen LogP contribution in [0.1, 0.15) is 12.8 Å². The van der Waals surface area contributed by atoms with Gasteiger partial charge in [-0.3, -0.25) is 0 Å². The number of hydrogen-bond donors (Lipinski definition) is 2. The van der Waals surface area contributed by atoms with E-state index in [1.807, 2.05) is 0 Å². The minimum absolute atomic E-state index is 0.0681. The second-order valence-electron chi connectivity index (χ2n) is 4.43. The standard InChI is InChI=1S/C13H14N2O4/c16-12-9-2-1-3-10(11(9)14-13(17)15-12)19-8-4-6-18-7-5-8/h1-3,8H,4-7H2,(H2,14,15,16,17). The summed E-state index contributed by atoms with van der Waals surface area (Å²) in [4.78, 5) is 7.44. The first-order chi connectivity index (χ1) is 9.24. The third kappa shape index (κ3) is 2.39. The number of fused-ring (bicyclic) bond motifs is 1. The molecule has 0 aliphatic carbocycles. The number of ether oxygens (including phenoxy) is 2. The molecule has 1 saturated heterocycles. The summed E-state index contributed by atoms with van der Waals surface area (Å²) in [5.41, 5.74) is 0.416. The Morgan fingerprint density at radius 1 is 1.16 bits per heavy atom. The van der Waals surface area contributed by atoms with Gasteiger partial charge < -0.3 is 19.7 Å². The summed E-state index contributed by atoms with van der Waals surface area (Å²) in [6.45, 7) is 1.36. The van der Waals surface area contributed by atoms with E-state index < -0.39 is 6.01 Å². The number of aromatic nitrogens is 2. The monoisotopic (exact) mass is 262 g/mol. The molecule has 3 rings (SSSR count). The van der Waals surface area contributed by atoms with Crippen LogP contribution in [0.2, 0.25) is 0 Å². The minimum Gasteiger partial charge on any atom is -0.493 e. The summed E-state index contributed by atoms with van der Waals surface area (Å²) in [5.74, 6) is 0.289. The van der Waals surface area contributed by atoms with Gasteiger partial charge in [0, 0.05) is 12.8 Å². The summed E-state index contributed by atoms with van der Waals surface area (Å²) in [6.07, 6.45) is 1.71. The molecule has 2 N–H and O–H groups in total. The molecule has 0 saturated carbocycles. The first kappa shape index (κ1) is 12.0. The average molecular weight is 262 g/mol. The fraction of sp³-hybridized carbons (Fsp3) is 0.385. The molecule has 6 nitrogen and oxygen atoms in total. The second kappa shape index (κ2) is 4.89. The Balaban J connectivity index is 1.98. The zero-order valence-electron chi connectivity index (χ0n) is 10.2. The van der Waals surface area contributed by atoms with Gasteiger partial charge in [0.15, 0.2) is 0 Å². The Morgan fingerprint density at radius 3 is 2.74 bits per heavy atom. The molecule has 1 aliphatic heterocycles. The van der Waals surface area contributed by atoms with Crippen molar-refractivity contribution in [2.24, 2.45) is 0 Å². The maximum absolute atomic E-state index is 9.70. The zero-order chi connectivity index (χ0) is 13.2. The van der Waals surface area contributed by atoms with Crippen molar-refractivity contribution < 1.29 is 19.7 Å². The fourth-order valence-corrected chi connectivity index (χ4v) is 2.17. The van der Waals surface area contributed by atoms with Gasteiger partial charge in [-0.2, -0.15) is 9.97 Å². The Bertz CT molecular complexity index is 596. The normalized spacial score (nSPS) is 16.6. The van der Waals surface area contributed by atoms with Crippen LogP contribution in [0, 0.1) is 0 Å². The summed E-state index contributed by atoms with van der Waals surface area (Å²) < 4.78 is 11.2. The van der Waals surface area contributed by atoms with Crippen LogP contribution in [0.4, 0.5) is 0 Å².